The monoisotopic (exact) mass is 193 g/mol. The van der Waals surface area contributed by atoms with E-state index in [9.17, 15) is 4.79 Å². The Labute approximate surface area is 84.7 Å². The Morgan fingerprint density at radius 2 is 2.36 bits per heavy atom. The van der Waals surface area contributed by atoms with Crippen molar-refractivity contribution in [3.63, 3.8) is 0 Å². The molecule has 3 nitrogen and oxygen atoms in total. The predicted octanol–water partition coefficient (Wildman–Crippen LogP) is -0.424. The number of amides is 1. The molecule has 0 bridgehead atoms. The summed E-state index contributed by atoms with van der Waals surface area (Å²) in [5, 5.41) is 0. The van der Waals surface area contributed by atoms with E-state index in [-0.39, 0.29) is 5.91 Å². The van der Waals surface area contributed by atoms with Gasteiger partial charge in [0.1, 0.15) is 6.54 Å². The van der Waals surface area contributed by atoms with E-state index < -0.39 is 0 Å². The van der Waals surface area contributed by atoms with Crippen LogP contribution in [0.15, 0.2) is 23.9 Å². The molecule has 2 aliphatic rings. The second-order valence-electron chi connectivity index (χ2n) is 4.16. The van der Waals surface area contributed by atoms with Crippen molar-refractivity contribution in [3.05, 3.63) is 23.9 Å². The summed E-state index contributed by atoms with van der Waals surface area (Å²) in [6, 6.07) is 0.314. The van der Waals surface area contributed by atoms with Crippen LogP contribution in [0.25, 0.3) is 0 Å². The summed E-state index contributed by atoms with van der Waals surface area (Å²) in [6.45, 7) is 1.05. The van der Waals surface area contributed by atoms with Gasteiger partial charge in [0.25, 0.3) is 0 Å². The zero-order valence-electron chi connectivity index (χ0n) is 8.79. The van der Waals surface area contributed by atoms with E-state index in [0.29, 0.717) is 12.5 Å². The Morgan fingerprint density at radius 3 is 2.93 bits per heavy atom. The van der Waals surface area contributed by atoms with Crippen molar-refractivity contribution in [2.75, 3.05) is 20.6 Å². The van der Waals surface area contributed by atoms with Crippen LogP contribution < -0.4 is 4.90 Å². The molecule has 0 spiro atoms. The number of rotatable bonds is 1. The Morgan fingerprint density at radius 1 is 1.57 bits per heavy atom. The van der Waals surface area contributed by atoms with Gasteiger partial charge in [-0.1, -0.05) is 6.08 Å². The van der Waals surface area contributed by atoms with Gasteiger partial charge in [-0.2, -0.15) is 0 Å². The molecule has 2 unspecified atom stereocenters. The van der Waals surface area contributed by atoms with Crippen LogP contribution >= 0.6 is 0 Å². The highest BCUT2D eigenvalue weighted by Gasteiger charge is 2.30. The van der Waals surface area contributed by atoms with Gasteiger partial charge >= 0.3 is 0 Å². The fraction of sp³-hybridized carbons (Fsp3) is 0.545. The van der Waals surface area contributed by atoms with Gasteiger partial charge in [0.2, 0.25) is 5.91 Å². The minimum atomic E-state index is 0.271. The molecular formula is C11H17N2O+. The first-order chi connectivity index (χ1) is 6.68. The van der Waals surface area contributed by atoms with E-state index in [0.717, 1.165) is 13.0 Å². The third kappa shape index (κ3) is 1.60. The molecule has 1 N–H and O–H groups in total. The summed E-state index contributed by atoms with van der Waals surface area (Å²) in [6.07, 6.45) is 8.23. The van der Waals surface area contributed by atoms with Crippen LogP contribution in [-0.4, -0.2) is 37.5 Å². The summed E-state index contributed by atoms with van der Waals surface area (Å²) in [7, 11) is 4.04. The van der Waals surface area contributed by atoms with Gasteiger partial charge in [0, 0.05) is 19.0 Å². The van der Waals surface area contributed by atoms with Gasteiger partial charge in [-0.25, -0.2) is 0 Å². The van der Waals surface area contributed by atoms with Gasteiger partial charge in [0.05, 0.1) is 19.3 Å². The molecular weight excluding hydrogens is 176 g/mol. The maximum Gasteiger partial charge on any atom is 0.222 e. The zero-order valence-corrected chi connectivity index (χ0v) is 8.79. The number of quaternary nitrogens is 1. The van der Waals surface area contributed by atoms with E-state index in [1.54, 1.807) is 0 Å². The zero-order chi connectivity index (χ0) is 10.1. The minimum Gasteiger partial charge on any atom is -0.338 e. The van der Waals surface area contributed by atoms with Crippen molar-refractivity contribution < 1.29 is 9.69 Å². The van der Waals surface area contributed by atoms with E-state index in [4.69, 9.17) is 0 Å². The normalized spacial score (nSPS) is 32.3. The fourth-order valence-corrected chi connectivity index (χ4v) is 2.17. The van der Waals surface area contributed by atoms with Crippen LogP contribution in [-0.2, 0) is 4.79 Å². The molecule has 1 amide bonds. The molecule has 0 aromatic carbocycles. The number of hydrogen-bond donors (Lipinski definition) is 1. The summed E-state index contributed by atoms with van der Waals surface area (Å²) in [5.74, 6) is 0.271. The lowest BCUT2D eigenvalue weighted by molar-refractivity contribution is -0.819. The van der Waals surface area contributed by atoms with Crippen LogP contribution in [0.4, 0.5) is 0 Å². The molecule has 3 heteroatoms. The van der Waals surface area contributed by atoms with Crippen molar-refractivity contribution in [1.82, 2.24) is 4.90 Å². The minimum absolute atomic E-state index is 0.271. The van der Waals surface area contributed by atoms with Crippen LogP contribution in [0.2, 0.25) is 0 Å². The molecule has 0 aliphatic carbocycles. The van der Waals surface area contributed by atoms with Gasteiger partial charge in [-0.3, -0.25) is 4.79 Å². The molecule has 0 aromatic heterocycles. The fourth-order valence-electron chi connectivity index (χ4n) is 2.17. The van der Waals surface area contributed by atoms with Crippen molar-refractivity contribution >= 4 is 5.91 Å². The highest BCUT2D eigenvalue weighted by molar-refractivity contribution is 5.79. The molecule has 0 radical (unpaired) electrons. The highest BCUT2D eigenvalue weighted by atomic mass is 16.2. The first-order valence-electron chi connectivity index (χ1n) is 5.14. The number of likely N-dealkylation sites (N-methyl/N-ethyl adjacent to an activating group) is 2. The standard InChI is InChI=1S/C11H16N2O/c1-12-7-3-4-9(8-12)10-5-6-11(14)13(10)2/h3-4,8,10H,5-7H2,1-2H3/p+1. The molecule has 76 valence electrons. The maximum atomic E-state index is 11.4. The first-order valence-corrected chi connectivity index (χ1v) is 5.14. The molecule has 0 saturated carbocycles. The Bertz CT molecular complexity index is 306. The molecule has 2 atom stereocenters. The average Bonchev–Trinajstić information content (AvgIpc) is 2.48. The summed E-state index contributed by atoms with van der Waals surface area (Å²) in [4.78, 5) is 14.6. The van der Waals surface area contributed by atoms with Gasteiger partial charge in [-0.15, -0.1) is 0 Å². The van der Waals surface area contributed by atoms with Crippen LogP contribution in [0.1, 0.15) is 12.8 Å². The SMILES string of the molecule is CN1C(=O)CCC1C1=C[NH+](C)CC=C1. The average molecular weight is 193 g/mol. The summed E-state index contributed by atoms with van der Waals surface area (Å²) < 4.78 is 0. The molecule has 2 aliphatic heterocycles. The van der Waals surface area contributed by atoms with E-state index in [1.165, 1.54) is 10.5 Å². The second-order valence-corrected chi connectivity index (χ2v) is 4.16. The van der Waals surface area contributed by atoms with Crippen molar-refractivity contribution in [3.8, 4) is 0 Å². The van der Waals surface area contributed by atoms with Crippen LogP contribution in [0, 0.1) is 0 Å². The highest BCUT2D eigenvalue weighted by Crippen LogP contribution is 2.23. The Kier molecular flexibility index (Phi) is 2.42. The molecule has 1 saturated heterocycles. The van der Waals surface area contributed by atoms with E-state index in [2.05, 4.69) is 25.4 Å². The predicted molar refractivity (Wildman–Crippen MR) is 54.8 cm³/mol. The van der Waals surface area contributed by atoms with Crippen LogP contribution in [0.5, 0.6) is 0 Å². The van der Waals surface area contributed by atoms with Gasteiger partial charge in [0.15, 0.2) is 0 Å². The summed E-state index contributed by atoms with van der Waals surface area (Å²) in [5.41, 5.74) is 1.29. The van der Waals surface area contributed by atoms with E-state index >= 15 is 0 Å². The van der Waals surface area contributed by atoms with Crippen LogP contribution in [0.3, 0.4) is 0 Å². The van der Waals surface area contributed by atoms with Crippen molar-refractivity contribution in [2.45, 2.75) is 18.9 Å². The number of nitrogens with one attached hydrogen (secondary N) is 1. The molecule has 0 aromatic rings. The topological polar surface area (TPSA) is 24.8 Å². The lowest BCUT2D eigenvalue weighted by Gasteiger charge is -2.23. The van der Waals surface area contributed by atoms with Crippen molar-refractivity contribution in [2.24, 2.45) is 0 Å². The van der Waals surface area contributed by atoms with Gasteiger partial charge in [-0.05, 0) is 12.5 Å². The summed E-state index contributed by atoms with van der Waals surface area (Å²) >= 11 is 0. The van der Waals surface area contributed by atoms with E-state index in [1.807, 2.05) is 11.9 Å². The number of carbonyl (C=O) groups is 1. The Balaban J connectivity index is 2.16. The number of nitrogens with zero attached hydrogens (tertiary/aromatic N) is 1. The number of likely N-dealkylation sites (tertiary alicyclic amines) is 1. The lowest BCUT2D eigenvalue weighted by Crippen LogP contribution is -3.04. The third-order valence-electron chi connectivity index (χ3n) is 3.04. The second kappa shape index (κ2) is 3.58. The first kappa shape index (κ1) is 9.46. The number of carbonyl (C=O) groups excluding carboxylic acids is 1. The smallest absolute Gasteiger partial charge is 0.222 e. The quantitative estimate of drug-likeness (QED) is 0.601. The molecule has 14 heavy (non-hydrogen) atoms. The third-order valence-corrected chi connectivity index (χ3v) is 3.04. The molecule has 1 fully saturated rings. The van der Waals surface area contributed by atoms with Gasteiger partial charge < -0.3 is 9.80 Å². The molecule has 2 rings (SSSR count). The molecule has 2 heterocycles. The number of hydrogen-bond acceptors (Lipinski definition) is 1. The van der Waals surface area contributed by atoms with Crippen molar-refractivity contribution in [1.29, 1.82) is 0 Å². The lowest BCUT2D eigenvalue weighted by atomic mass is 10.0. The largest absolute Gasteiger partial charge is 0.338 e. The maximum absolute atomic E-state index is 11.4. The Hall–Kier alpha value is -1.09.